The van der Waals surface area contributed by atoms with Gasteiger partial charge in [0.2, 0.25) is 0 Å². The molecule has 5 nitrogen and oxygen atoms in total. The van der Waals surface area contributed by atoms with Gasteiger partial charge in [0, 0.05) is 27.0 Å². The Morgan fingerprint density at radius 1 is 1.39 bits per heavy atom. The minimum absolute atomic E-state index is 0.0630. The summed E-state index contributed by atoms with van der Waals surface area (Å²) in [5.74, 6) is 0.654. The van der Waals surface area contributed by atoms with Gasteiger partial charge in [-0.3, -0.25) is 0 Å². The van der Waals surface area contributed by atoms with Crippen molar-refractivity contribution in [2.24, 2.45) is 5.92 Å². The molecule has 1 atom stereocenters. The third-order valence-corrected chi connectivity index (χ3v) is 2.74. The van der Waals surface area contributed by atoms with Gasteiger partial charge < -0.3 is 19.4 Å². The van der Waals surface area contributed by atoms with Crippen molar-refractivity contribution in [1.29, 1.82) is 0 Å². The smallest absolute Gasteiger partial charge is 0.0983 e. The van der Waals surface area contributed by atoms with Crippen LogP contribution in [0.2, 0.25) is 0 Å². The lowest BCUT2D eigenvalue weighted by atomic mass is 10.2. The maximum absolute atomic E-state index is 5.37. The minimum atomic E-state index is 0.0630. The molecule has 0 amide bonds. The zero-order valence-corrected chi connectivity index (χ0v) is 11.8. The summed E-state index contributed by atoms with van der Waals surface area (Å²) in [5.41, 5.74) is 1.17. The van der Waals surface area contributed by atoms with Crippen molar-refractivity contribution in [2.45, 2.75) is 33.0 Å². The largest absolute Gasteiger partial charge is 0.382 e. The molecule has 0 radical (unpaired) electrons. The molecule has 1 aromatic rings. The molecule has 0 spiro atoms. The van der Waals surface area contributed by atoms with E-state index in [2.05, 4.69) is 28.7 Å². The molecule has 0 fully saturated rings. The maximum atomic E-state index is 5.37. The molecular formula is C13H25N3O2. The highest BCUT2D eigenvalue weighted by Gasteiger charge is 2.10. The molecule has 1 heterocycles. The number of hydrogen-bond acceptors (Lipinski definition) is 4. The minimum Gasteiger partial charge on any atom is -0.382 e. The number of rotatable bonds is 9. The average molecular weight is 255 g/mol. The molecule has 0 aliphatic heterocycles. The molecule has 104 valence electrons. The summed E-state index contributed by atoms with van der Waals surface area (Å²) in [6.07, 6.45) is 3.80. The van der Waals surface area contributed by atoms with Crippen LogP contribution in [0.15, 0.2) is 12.5 Å². The quantitative estimate of drug-likeness (QED) is 0.722. The number of aromatic nitrogens is 2. The van der Waals surface area contributed by atoms with E-state index in [0.29, 0.717) is 12.5 Å². The van der Waals surface area contributed by atoms with E-state index in [4.69, 9.17) is 9.47 Å². The molecule has 0 bridgehead atoms. The van der Waals surface area contributed by atoms with Crippen LogP contribution >= 0.6 is 0 Å². The van der Waals surface area contributed by atoms with Crippen LogP contribution in [0, 0.1) is 5.92 Å². The second kappa shape index (κ2) is 8.24. The van der Waals surface area contributed by atoms with Crippen LogP contribution in [-0.4, -0.2) is 43.0 Å². The monoisotopic (exact) mass is 255 g/mol. The average Bonchev–Trinajstić information content (AvgIpc) is 2.75. The number of methoxy groups -OCH3 is 2. The molecule has 0 aromatic carbocycles. The van der Waals surface area contributed by atoms with Crippen molar-refractivity contribution < 1.29 is 9.47 Å². The molecule has 1 aromatic heterocycles. The van der Waals surface area contributed by atoms with E-state index in [1.54, 1.807) is 14.2 Å². The Balaban J connectivity index is 2.48. The first kappa shape index (κ1) is 15.1. The van der Waals surface area contributed by atoms with Crippen LogP contribution in [0.1, 0.15) is 19.5 Å². The van der Waals surface area contributed by atoms with Crippen LogP contribution in [0.3, 0.4) is 0 Å². The van der Waals surface area contributed by atoms with Crippen molar-refractivity contribution in [3.8, 4) is 0 Å². The van der Waals surface area contributed by atoms with Crippen molar-refractivity contribution in [3.63, 3.8) is 0 Å². The second-order valence-corrected chi connectivity index (χ2v) is 4.88. The lowest BCUT2D eigenvalue weighted by Crippen LogP contribution is -2.26. The number of imidazole rings is 1. The topological polar surface area (TPSA) is 48.3 Å². The number of ether oxygens (including phenoxy) is 2. The highest BCUT2D eigenvalue weighted by molar-refractivity contribution is 4.98. The van der Waals surface area contributed by atoms with Crippen molar-refractivity contribution in [2.75, 3.05) is 27.4 Å². The van der Waals surface area contributed by atoms with Gasteiger partial charge in [0.1, 0.15) is 0 Å². The number of hydrogen-bond donors (Lipinski definition) is 1. The molecule has 1 rings (SSSR count). The van der Waals surface area contributed by atoms with Crippen LogP contribution < -0.4 is 5.32 Å². The van der Waals surface area contributed by atoms with Gasteiger partial charge in [-0.1, -0.05) is 13.8 Å². The third kappa shape index (κ3) is 5.16. The molecule has 0 saturated heterocycles. The third-order valence-electron chi connectivity index (χ3n) is 2.74. The van der Waals surface area contributed by atoms with Gasteiger partial charge in [-0.25, -0.2) is 4.98 Å². The van der Waals surface area contributed by atoms with Gasteiger partial charge in [-0.2, -0.15) is 0 Å². The predicted molar refractivity (Wildman–Crippen MR) is 71.4 cm³/mol. The van der Waals surface area contributed by atoms with Gasteiger partial charge in [0.05, 0.1) is 31.3 Å². The SMILES string of the molecule is COCC(Cn1cncc1CNCC(C)C)OC. The van der Waals surface area contributed by atoms with Crippen molar-refractivity contribution in [3.05, 3.63) is 18.2 Å². The first-order valence-electron chi connectivity index (χ1n) is 6.38. The van der Waals surface area contributed by atoms with Crippen LogP contribution in [0.4, 0.5) is 0 Å². The molecule has 5 heteroatoms. The molecule has 0 aliphatic carbocycles. The van der Waals surface area contributed by atoms with E-state index in [1.165, 1.54) is 5.69 Å². The van der Waals surface area contributed by atoms with E-state index in [9.17, 15) is 0 Å². The highest BCUT2D eigenvalue weighted by Crippen LogP contribution is 2.04. The summed E-state index contributed by atoms with van der Waals surface area (Å²) in [6.45, 7) is 7.60. The Kier molecular flexibility index (Phi) is 6.93. The Morgan fingerprint density at radius 3 is 2.78 bits per heavy atom. The number of nitrogens with zero attached hydrogens (tertiary/aromatic N) is 2. The lowest BCUT2D eigenvalue weighted by Gasteiger charge is -2.17. The fourth-order valence-corrected chi connectivity index (χ4v) is 1.75. The molecule has 0 saturated carbocycles. The fourth-order valence-electron chi connectivity index (χ4n) is 1.75. The zero-order valence-electron chi connectivity index (χ0n) is 11.8. The zero-order chi connectivity index (χ0) is 13.4. The summed E-state index contributed by atoms with van der Waals surface area (Å²) in [4.78, 5) is 4.19. The van der Waals surface area contributed by atoms with Crippen LogP contribution in [0.5, 0.6) is 0 Å². The van der Waals surface area contributed by atoms with E-state index in [-0.39, 0.29) is 6.10 Å². The fraction of sp³-hybridized carbons (Fsp3) is 0.769. The van der Waals surface area contributed by atoms with Crippen molar-refractivity contribution >= 4 is 0 Å². The van der Waals surface area contributed by atoms with Gasteiger partial charge >= 0.3 is 0 Å². The Morgan fingerprint density at radius 2 is 2.17 bits per heavy atom. The Bertz CT molecular complexity index is 326. The van der Waals surface area contributed by atoms with E-state index >= 15 is 0 Å². The standard InChI is InChI=1S/C13H25N3O2/c1-11(2)5-14-6-12-7-15-10-16(12)8-13(18-4)9-17-3/h7,10-11,13-14H,5-6,8-9H2,1-4H3. The maximum Gasteiger partial charge on any atom is 0.0983 e. The highest BCUT2D eigenvalue weighted by atomic mass is 16.5. The summed E-state index contributed by atoms with van der Waals surface area (Å²) < 4.78 is 12.6. The summed E-state index contributed by atoms with van der Waals surface area (Å²) in [6, 6.07) is 0. The van der Waals surface area contributed by atoms with Crippen LogP contribution in [0.25, 0.3) is 0 Å². The summed E-state index contributed by atoms with van der Waals surface area (Å²) >= 11 is 0. The van der Waals surface area contributed by atoms with Gasteiger partial charge in [-0.05, 0) is 12.5 Å². The molecule has 1 unspecified atom stereocenters. The molecular weight excluding hydrogens is 230 g/mol. The first-order valence-corrected chi connectivity index (χ1v) is 6.38. The molecule has 1 N–H and O–H groups in total. The summed E-state index contributed by atoms with van der Waals surface area (Å²) in [5, 5.41) is 3.42. The Hall–Kier alpha value is -0.910. The summed E-state index contributed by atoms with van der Waals surface area (Å²) in [7, 11) is 3.39. The lowest BCUT2D eigenvalue weighted by molar-refractivity contribution is 0.0179. The Labute approximate surface area is 109 Å². The first-order chi connectivity index (χ1) is 8.67. The molecule has 0 aliphatic rings. The van der Waals surface area contributed by atoms with Gasteiger partial charge in [0.15, 0.2) is 0 Å². The normalized spacial score (nSPS) is 13.2. The molecule has 18 heavy (non-hydrogen) atoms. The van der Waals surface area contributed by atoms with Gasteiger partial charge in [-0.15, -0.1) is 0 Å². The second-order valence-electron chi connectivity index (χ2n) is 4.88. The van der Waals surface area contributed by atoms with Gasteiger partial charge in [0.25, 0.3) is 0 Å². The van der Waals surface area contributed by atoms with E-state index in [0.717, 1.165) is 19.6 Å². The van der Waals surface area contributed by atoms with E-state index < -0.39 is 0 Å². The van der Waals surface area contributed by atoms with Crippen LogP contribution in [-0.2, 0) is 22.6 Å². The van der Waals surface area contributed by atoms with Crippen molar-refractivity contribution in [1.82, 2.24) is 14.9 Å². The van der Waals surface area contributed by atoms with E-state index in [1.807, 2.05) is 12.5 Å². The predicted octanol–water partition coefficient (Wildman–Crippen LogP) is 1.29. The number of nitrogens with one attached hydrogen (secondary N) is 1.